The average Bonchev–Trinajstić information content (AvgIpc) is 2.54. The van der Waals surface area contributed by atoms with Gasteiger partial charge in [-0.25, -0.2) is 0 Å². The molecule has 0 radical (unpaired) electrons. The van der Waals surface area contributed by atoms with E-state index in [0.717, 1.165) is 6.07 Å². The number of hydrogen-bond acceptors (Lipinski definition) is 6. The zero-order valence-electron chi connectivity index (χ0n) is 11.3. The van der Waals surface area contributed by atoms with Crippen LogP contribution in [0.5, 0.6) is 5.75 Å². The van der Waals surface area contributed by atoms with Gasteiger partial charge in [-0.1, -0.05) is 6.07 Å². The number of amides is 1. The molecular weight excluding hydrogens is 330 g/mol. The molecule has 2 rings (SSSR count). The number of non-ortho nitro benzene ring substituents is 1. The first kappa shape index (κ1) is 16.2. The fourth-order valence-electron chi connectivity index (χ4n) is 1.79. The molecule has 0 aliphatic heterocycles. The lowest BCUT2D eigenvalue weighted by Crippen LogP contribution is -2.13. The molecule has 23 heavy (non-hydrogen) atoms. The van der Waals surface area contributed by atoms with Crippen LogP contribution in [0.2, 0.25) is 0 Å². The molecule has 9 nitrogen and oxygen atoms in total. The van der Waals surface area contributed by atoms with Crippen LogP contribution in [-0.4, -0.2) is 15.8 Å². The second-order valence-electron chi connectivity index (χ2n) is 4.25. The minimum absolute atomic E-state index is 0.136. The van der Waals surface area contributed by atoms with Crippen molar-refractivity contribution in [1.82, 2.24) is 0 Å². The number of nitrogens with zero attached hydrogens (tertiary/aromatic N) is 2. The molecule has 0 atom stereocenters. The summed E-state index contributed by atoms with van der Waals surface area (Å²) in [6, 6.07) is 8.82. The van der Waals surface area contributed by atoms with E-state index in [-0.39, 0.29) is 16.9 Å². The van der Waals surface area contributed by atoms with Gasteiger partial charge in [0, 0.05) is 23.9 Å². The summed E-state index contributed by atoms with van der Waals surface area (Å²) in [5.74, 6) is -1.10. The van der Waals surface area contributed by atoms with Crippen LogP contribution in [0.3, 0.4) is 0 Å². The SMILES string of the molecule is O=C(Nc1ccc([N+](=O)[O-])cc1)c1cccc([N+](=O)[O-])c1OCl. The number of hydrogen-bond donors (Lipinski definition) is 1. The van der Waals surface area contributed by atoms with Crippen molar-refractivity contribution in [2.45, 2.75) is 0 Å². The standard InChI is InChI=1S/C13H8ClN3O6/c14-23-12-10(2-1-3-11(12)17(21)22)13(18)15-8-4-6-9(7-5-8)16(19)20/h1-7H,(H,15,18). The molecule has 0 aliphatic rings. The van der Waals surface area contributed by atoms with Crippen LogP contribution in [0.15, 0.2) is 42.5 Å². The molecule has 0 heterocycles. The van der Waals surface area contributed by atoms with Crippen molar-refractivity contribution in [3.05, 3.63) is 68.3 Å². The predicted octanol–water partition coefficient (Wildman–Crippen LogP) is 3.29. The minimum atomic E-state index is -0.736. The lowest BCUT2D eigenvalue weighted by Gasteiger charge is -2.08. The number of para-hydroxylation sites is 1. The molecule has 0 aromatic heterocycles. The van der Waals surface area contributed by atoms with Gasteiger partial charge in [0.05, 0.1) is 15.4 Å². The van der Waals surface area contributed by atoms with Crippen LogP contribution in [-0.2, 0) is 0 Å². The Morgan fingerprint density at radius 2 is 1.70 bits per heavy atom. The Balaban J connectivity index is 2.29. The Morgan fingerprint density at radius 3 is 2.22 bits per heavy atom. The second-order valence-corrected chi connectivity index (χ2v) is 4.40. The summed E-state index contributed by atoms with van der Waals surface area (Å²) in [5, 5.41) is 23.9. The van der Waals surface area contributed by atoms with Gasteiger partial charge in [-0.2, -0.15) is 0 Å². The average molecular weight is 338 g/mol. The van der Waals surface area contributed by atoms with Crippen molar-refractivity contribution in [2.75, 3.05) is 5.32 Å². The first-order chi connectivity index (χ1) is 10.9. The molecule has 0 bridgehead atoms. The Morgan fingerprint density at radius 1 is 1.04 bits per heavy atom. The Kier molecular flexibility index (Phi) is 4.72. The smallest absolute Gasteiger partial charge is 0.314 e. The largest absolute Gasteiger partial charge is 0.377 e. The summed E-state index contributed by atoms with van der Waals surface area (Å²) in [7, 11) is 0. The predicted molar refractivity (Wildman–Crippen MR) is 80.6 cm³/mol. The van der Waals surface area contributed by atoms with Crippen LogP contribution in [0.1, 0.15) is 10.4 Å². The molecule has 2 aromatic carbocycles. The van der Waals surface area contributed by atoms with E-state index in [1.165, 1.54) is 36.4 Å². The maximum Gasteiger partial charge on any atom is 0.314 e. The van der Waals surface area contributed by atoms with Gasteiger partial charge in [0.25, 0.3) is 11.6 Å². The second kappa shape index (κ2) is 6.71. The highest BCUT2D eigenvalue weighted by molar-refractivity contribution is 6.12. The van der Waals surface area contributed by atoms with Crippen LogP contribution in [0.25, 0.3) is 0 Å². The normalized spacial score (nSPS) is 9.96. The van der Waals surface area contributed by atoms with Crippen LogP contribution < -0.4 is 9.61 Å². The molecule has 0 unspecified atom stereocenters. The maximum atomic E-state index is 12.2. The first-order valence-electron chi connectivity index (χ1n) is 6.06. The van der Waals surface area contributed by atoms with Gasteiger partial charge in [0.15, 0.2) is 0 Å². The lowest BCUT2D eigenvalue weighted by molar-refractivity contribution is -0.385. The van der Waals surface area contributed by atoms with Gasteiger partial charge < -0.3 is 9.61 Å². The third-order valence-electron chi connectivity index (χ3n) is 2.85. The summed E-state index contributed by atoms with van der Waals surface area (Å²) in [4.78, 5) is 32.3. The number of nitro benzene ring substituents is 2. The number of rotatable bonds is 5. The van der Waals surface area contributed by atoms with E-state index in [9.17, 15) is 25.0 Å². The lowest BCUT2D eigenvalue weighted by atomic mass is 10.1. The number of halogens is 1. The van der Waals surface area contributed by atoms with Crippen molar-refractivity contribution in [2.24, 2.45) is 0 Å². The fourth-order valence-corrected chi connectivity index (χ4v) is 1.96. The molecular formula is C13H8ClN3O6. The van der Waals surface area contributed by atoms with E-state index in [0.29, 0.717) is 0 Å². The van der Waals surface area contributed by atoms with Gasteiger partial charge in [-0.3, -0.25) is 25.0 Å². The summed E-state index contributed by atoms with van der Waals surface area (Å²) in [6.45, 7) is 0. The highest BCUT2D eigenvalue weighted by Crippen LogP contribution is 2.32. The van der Waals surface area contributed by atoms with Gasteiger partial charge in [-0.15, -0.1) is 0 Å². The Bertz CT molecular complexity index is 778. The first-order valence-corrected chi connectivity index (χ1v) is 6.36. The molecule has 0 saturated heterocycles. The van der Waals surface area contributed by atoms with Crippen molar-refractivity contribution in [1.29, 1.82) is 0 Å². The third-order valence-corrected chi connectivity index (χ3v) is 3.00. The number of nitro groups is 2. The molecule has 1 N–H and O–H groups in total. The number of benzene rings is 2. The van der Waals surface area contributed by atoms with Crippen LogP contribution in [0, 0.1) is 20.2 Å². The fraction of sp³-hybridized carbons (Fsp3) is 0. The number of carbonyl (C=O) groups excluding carboxylic acids is 1. The van der Waals surface area contributed by atoms with Crippen LogP contribution >= 0.6 is 11.9 Å². The third kappa shape index (κ3) is 3.52. The van der Waals surface area contributed by atoms with Crippen LogP contribution in [0.4, 0.5) is 17.1 Å². The molecule has 10 heteroatoms. The van der Waals surface area contributed by atoms with Gasteiger partial charge in [-0.05, 0) is 18.2 Å². The van der Waals surface area contributed by atoms with E-state index < -0.39 is 27.2 Å². The molecule has 0 spiro atoms. The Labute approximate surface area is 133 Å². The maximum absolute atomic E-state index is 12.2. The summed E-state index contributed by atoms with van der Waals surface area (Å²) < 4.78 is 4.43. The minimum Gasteiger partial charge on any atom is -0.377 e. The molecule has 1 amide bonds. The molecule has 2 aromatic rings. The zero-order valence-corrected chi connectivity index (χ0v) is 12.0. The van der Waals surface area contributed by atoms with E-state index in [2.05, 4.69) is 9.61 Å². The summed E-state index contributed by atoms with van der Waals surface area (Å²) >= 11 is 5.22. The molecule has 0 saturated carbocycles. The quantitative estimate of drug-likeness (QED) is 0.659. The topological polar surface area (TPSA) is 125 Å². The number of anilines is 1. The zero-order chi connectivity index (χ0) is 17.0. The highest BCUT2D eigenvalue weighted by atomic mass is 35.5. The highest BCUT2D eigenvalue weighted by Gasteiger charge is 2.23. The Hall–Kier alpha value is -3.20. The van der Waals surface area contributed by atoms with E-state index in [4.69, 9.17) is 11.9 Å². The molecule has 118 valence electrons. The molecule has 0 fully saturated rings. The molecule has 0 aliphatic carbocycles. The van der Waals surface area contributed by atoms with Crippen molar-refractivity contribution in [3.63, 3.8) is 0 Å². The number of nitrogens with one attached hydrogen (secondary N) is 1. The van der Waals surface area contributed by atoms with Gasteiger partial charge >= 0.3 is 5.69 Å². The van der Waals surface area contributed by atoms with Gasteiger partial charge in [0.2, 0.25) is 5.75 Å². The van der Waals surface area contributed by atoms with Crippen molar-refractivity contribution in [3.8, 4) is 5.75 Å². The number of carbonyl (C=O) groups is 1. The summed E-state index contributed by atoms with van der Waals surface area (Å²) in [6.07, 6.45) is 0. The monoisotopic (exact) mass is 337 g/mol. The summed E-state index contributed by atoms with van der Waals surface area (Å²) in [5.41, 5.74) is -0.473. The van der Waals surface area contributed by atoms with Gasteiger partial charge in [0.1, 0.15) is 11.9 Å². The van der Waals surface area contributed by atoms with E-state index in [1.807, 2.05) is 0 Å². The van der Waals surface area contributed by atoms with E-state index in [1.54, 1.807) is 0 Å². The van der Waals surface area contributed by atoms with Crippen molar-refractivity contribution < 1.29 is 18.9 Å². The van der Waals surface area contributed by atoms with Crippen molar-refractivity contribution >= 4 is 34.8 Å². The van der Waals surface area contributed by atoms with E-state index >= 15 is 0 Å².